The summed E-state index contributed by atoms with van der Waals surface area (Å²) in [4.78, 5) is 11.9. The second-order valence-corrected chi connectivity index (χ2v) is 4.68. The molecule has 0 amide bonds. The van der Waals surface area contributed by atoms with E-state index in [2.05, 4.69) is 0 Å². The zero-order chi connectivity index (χ0) is 13.1. The van der Waals surface area contributed by atoms with Gasteiger partial charge in [-0.05, 0) is 37.3 Å². The van der Waals surface area contributed by atoms with Gasteiger partial charge in [-0.1, -0.05) is 40.9 Å². The summed E-state index contributed by atoms with van der Waals surface area (Å²) in [6.45, 7) is 1.91. The van der Waals surface area contributed by atoms with Gasteiger partial charge < -0.3 is 4.74 Å². The largest absolute Gasteiger partial charge is 0.421 e. The number of hydrogen-bond acceptors (Lipinski definition) is 2. The first-order valence-electron chi connectivity index (χ1n) is 5.30. The maximum absolute atomic E-state index is 11.9. The minimum absolute atomic E-state index is 0.299. The molecule has 92 valence electrons. The van der Waals surface area contributed by atoms with Gasteiger partial charge in [0.15, 0.2) is 0 Å². The molecule has 2 aromatic carbocycles. The van der Waals surface area contributed by atoms with Crippen LogP contribution in [0.2, 0.25) is 10.0 Å². The van der Waals surface area contributed by atoms with E-state index in [0.717, 1.165) is 5.56 Å². The van der Waals surface area contributed by atoms with Crippen LogP contribution in [-0.2, 0) is 0 Å². The van der Waals surface area contributed by atoms with Crippen molar-refractivity contribution in [3.63, 3.8) is 0 Å². The van der Waals surface area contributed by atoms with Crippen LogP contribution in [0.15, 0.2) is 42.5 Å². The molecule has 2 rings (SSSR count). The first-order chi connectivity index (χ1) is 8.56. The quantitative estimate of drug-likeness (QED) is 0.597. The van der Waals surface area contributed by atoms with Gasteiger partial charge in [0.25, 0.3) is 0 Å². The summed E-state index contributed by atoms with van der Waals surface area (Å²) in [5.41, 5.74) is 1.48. The highest BCUT2D eigenvalue weighted by Gasteiger charge is 2.11. The Balaban J connectivity index is 2.21. The third-order valence-corrected chi connectivity index (χ3v) is 2.88. The Morgan fingerprint density at radius 1 is 1.11 bits per heavy atom. The molecule has 0 N–H and O–H groups in total. The third-order valence-electron chi connectivity index (χ3n) is 2.35. The summed E-state index contributed by atoms with van der Waals surface area (Å²) in [5, 5.41) is 0.804. The van der Waals surface area contributed by atoms with E-state index in [1.165, 1.54) is 6.07 Å². The van der Waals surface area contributed by atoms with Gasteiger partial charge in [0, 0.05) is 5.02 Å². The molecule has 0 heterocycles. The van der Waals surface area contributed by atoms with Crippen LogP contribution in [0, 0.1) is 6.92 Å². The van der Waals surface area contributed by atoms with Gasteiger partial charge in [0.1, 0.15) is 5.75 Å². The van der Waals surface area contributed by atoms with Gasteiger partial charge in [0.2, 0.25) is 0 Å². The van der Waals surface area contributed by atoms with Crippen LogP contribution in [0.3, 0.4) is 0 Å². The predicted octanol–water partition coefficient (Wildman–Crippen LogP) is 4.52. The lowest BCUT2D eigenvalue weighted by Gasteiger charge is -2.06. The monoisotopic (exact) mass is 280 g/mol. The molecular formula is C14H10Cl2O2. The van der Waals surface area contributed by atoms with Crippen LogP contribution in [-0.4, -0.2) is 5.97 Å². The molecule has 4 heteroatoms. The fraction of sp³-hybridized carbons (Fsp3) is 0.0714. The van der Waals surface area contributed by atoms with E-state index in [1.54, 1.807) is 30.3 Å². The molecule has 0 aliphatic rings. The number of halogens is 2. The maximum Gasteiger partial charge on any atom is 0.343 e. The topological polar surface area (TPSA) is 26.3 Å². The predicted molar refractivity (Wildman–Crippen MR) is 72.6 cm³/mol. The highest BCUT2D eigenvalue weighted by Crippen LogP contribution is 2.28. The second kappa shape index (κ2) is 5.42. The van der Waals surface area contributed by atoms with Gasteiger partial charge in [-0.3, -0.25) is 0 Å². The Bertz CT molecular complexity index is 594. The van der Waals surface area contributed by atoms with Crippen molar-refractivity contribution in [2.24, 2.45) is 0 Å². The third kappa shape index (κ3) is 3.03. The molecule has 0 saturated carbocycles. The molecule has 0 spiro atoms. The molecule has 0 radical (unpaired) electrons. The molecule has 0 saturated heterocycles. The number of rotatable bonds is 2. The van der Waals surface area contributed by atoms with Gasteiger partial charge in [0.05, 0.1) is 10.6 Å². The van der Waals surface area contributed by atoms with Crippen molar-refractivity contribution in [2.75, 3.05) is 0 Å². The van der Waals surface area contributed by atoms with Crippen molar-refractivity contribution in [3.05, 3.63) is 63.6 Å². The number of hydrogen-bond donors (Lipinski definition) is 0. The van der Waals surface area contributed by atoms with E-state index >= 15 is 0 Å². The number of carbonyl (C=O) groups excluding carboxylic acids is 1. The Kier molecular flexibility index (Phi) is 3.90. The Labute approximate surface area is 115 Å². The molecular weight excluding hydrogens is 271 g/mol. The van der Waals surface area contributed by atoms with Gasteiger partial charge in [-0.25, -0.2) is 4.79 Å². The average molecular weight is 281 g/mol. The lowest BCUT2D eigenvalue weighted by molar-refractivity contribution is 0.0735. The number of carbonyl (C=O) groups is 1. The van der Waals surface area contributed by atoms with Crippen LogP contribution in [0.25, 0.3) is 0 Å². The smallest absolute Gasteiger partial charge is 0.343 e. The van der Waals surface area contributed by atoms with Gasteiger partial charge >= 0.3 is 5.97 Å². The first kappa shape index (κ1) is 12.9. The standard InChI is InChI=1S/C14H10Cl2O2/c1-9-3-2-4-10(7-9)14(17)18-13-6-5-11(15)8-12(13)16/h2-8H,1H3. The summed E-state index contributed by atoms with van der Waals surface area (Å²) in [6, 6.07) is 11.9. The summed E-state index contributed by atoms with van der Waals surface area (Å²) >= 11 is 11.7. The van der Waals surface area contributed by atoms with Crippen LogP contribution in [0.4, 0.5) is 0 Å². The van der Waals surface area contributed by atoms with Crippen molar-refractivity contribution in [1.82, 2.24) is 0 Å². The number of ether oxygens (including phenoxy) is 1. The highest BCUT2D eigenvalue weighted by molar-refractivity contribution is 6.35. The van der Waals surface area contributed by atoms with E-state index in [0.29, 0.717) is 21.4 Å². The van der Waals surface area contributed by atoms with E-state index < -0.39 is 5.97 Å². The molecule has 0 aromatic heterocycles. The molecule has 0 bridgehead atoms. The minimum Gasteiger partial charge on any atom is -0.421 e. The van der Waals surface area contributed by atoms with Crippen molar-refractivity contribution in [3.8, 4) is 5.75 Å². The van der Waals surface area contributed by atoms with E-state index in [9.17, 15) is 4.79 Å². The van der Waals surface area contributed by atoms with E-state index in [-0.39, 0.29) is 0 Å². The molecule has 0 aliphatic carbocycles. The molecule has 18 heavy (non-hydrogen) atoms. The normalized spacial score (nSPS) is 10.2. The Morgan fingerprint density at radius 2 is 1.89 bits per heavy atom. The molecule has 2 aromatic rings. The molecule has 2 nitrogen and oxygen atoms in total. The molecule has 0 aliphatic heterocycles. The Hall–Kier alpha value is -1.51. The summed E-state index contributed by atoms with van der Waals surface area (Å²) in [7, 11) is 0. The number of esters is 1. The average Bonchev–Trinajstić information content (AvgIpc) is 2.32. The van der Waals surface area contributed by atoms with E-state index in [4.69, 9.17) is 27.9 Å². The highest BCUT2D eigenvalue weighted by atomic mass is 35.5. The SMILES string of the molecule is Cc1cccc(C(=O)Oc2ccc(Cl)cc2Cl)c1. The lowest BCUT2D eigenvalue weighted by atomic mass is 10.1. The lowest BCUT2D eigenvalue weighted by Crippen LogP contribution is -2.08. The first-order valence-corrected chi connectivity index (χ1v) is 6.06. The zero-order valence-electron chi connectivity index (χ0n) is 9.61. The number of benzene rings is 2. The molecule has 0 unspecified atom stereocenters. The number of aryl methyl sites for hydroxylation is 1. The second-order valence-electron chi connectivity index (χ2n) is 3.83. The minimum atomic E-state index is -0.442. The van der Waals surface area contributed by atoms with Gasteiger partial charge in [-0.15, -0.1) is 0 Å². The summed E-state index contributed by atoms with van der Waals surface area (Å²) in [5.74, 6) is -0.143. The van der Waals surface area contributed by atoms with Crippen LogP contribution >= 0.6 is 23.2 Å². The van der Waals surface area contributed by atoms with E-state index in [1.807, 2.05) is 13.0 Å². The van der Waals surface area contributed by atoms with Crippen molar-refractivity contribution >= 4 is 29.2 Å². The van der Waals surface area contributed by atoms with Crippen LogP contribution < -0.4 is 4.74 Å². The van der Waals surface area contributed by atoms with Crippen molar-refractivity contribution in [2.45, 2.75) is 6.92 Å². The fourth-order valence-corrected chi connectivity index (χ4v) is 1.94. The molecule has 0 atom stereocenters. The maximum atomic E-state index is 11.9. The summed E-state index contributed by atoms with van der Waals surface area (Å²) < 4.78 is 5.21. The van der Waals surface area contributed by atoms with Crippen molar-refractivity contribution in [1.29, 1.82) is 0 Å². The fourth-order valence-electron chi connectivity index (χ4n) is 1.49. The van der Waals surface area contributed by atoms with Crippen LogP contribution in [0.5, 0.6) is 5.75 Å². The van der Waals surface area contributed by atoms with Gasteiger partial charge in [-0.2, -0.15) is 0 Å². The van der Waals surface area contributed by atoms with Crippen molar-refractivity contribution < 1.29 is 9.53 Å². The molecule has 0 fully saturated rings. The summed E-state index contributed by atoms with van der Waals surface area (Å²) in [6.07, 6.45) is 0. The zero-order valence-corrected chi connectivity index (χ0v) is 11.1. The Morgan fingerprint density at radius 3 is 2.56 bits per heavy atom. The van der Waals surface area contributed by atoms with Crippen LogP contribution in [0.1, 0.15) is 15.9 Å².